The Hall–Kier alpha value is -2.10. The van der Waals surface area contributed by atoms with Crippen molar-refractivity contribution in [1.82, 2.24) is 5.32 Å². The molecule has 3 nitrogen and oxygen atoms in total. The molecule has 1 aromatic rings. The molecule has 0 saturated heterocycles. The minimum atomic E-state index is -0.524. The first-order valence-corrected chi connectivity index (χ1v) is 7.09. The van der Waals surface area contributed by atoms with Crippen LogP contribution in [0, 0.1) is 11.7 Å². The summed E-state index contributed by atoms with van der Waals surface area (Å²) in [5, 5.41) is 2.71. The smallest absolute Gasteiger partial charge is 0.410 e. The lowest BCUT2D eigenvalue weighted by atomic mass is 9.85. The second kappa shape index (κ2) is 7.07. The normalized spacial score (nSPS) is 17.8. The molecule has 1 N–H and O–H groups in total. The highest BCUT2D eigenvalue weighted by atomic mass is 19.1. The van der Waals surface area contributed by atoms with Crippen molar-refractivity contribution in [2.75, 3.05) is 6.54 Å². The fourth-order valence-electron chi connectivity index (χ4n) is 2.33. The van der Waals surface area contributed by atoms with Crippen molar-refractivity contribution in [3.05, 3.63) is 53.9 Å². The number of carbonyl (C=O) groups excluding carboxylic acids is 1. The molecule has 0 aliphatic heterocycles. The molecule has 1 unspecified atom stereocenters. The number of rotatable bonds is 4. The van der Waals surface area contributed by atoms with Crippen molar-refractivity contribution in [2.24, 2.45) is 5.92 Å². The maximum atomic E-state index is 12.7. The van der Waals surface area contributed by atoms with Crippen LogP contribution in [0.15, 0.2) is 48.1 Å². The van der Waals surface area contributed by atoms with Gasteiger partial charge in [0.1, 0.15) is 11.6 Å². The zero-order valence-corrected chi connectivity index (χ0v) is 12.2. The minimum absolute atomic E-state index is 0.328. The summed E-state index contributed by atoms with van der Waals surface area (Å²) in [4.78, 5) is 11.6. The van der Waals surface area contributed by atoms with Crippen LogP contribution in [0.25, 0.3) is 0 Å². The molecule has 1 atom stereocenters. The molecule has 0 heterocycles. The van der Waals surface area contributed by atoms with Gasteiger partial charge in [-0.05, 0) is 56.4 Å². The molecule has 0 spiro atoms. The second-order valence-corrected chi connectivity index (χ2v) is 5.38. The Morgan fingerprint density at radius 2 is 2.14 bits per heavy atom. The number of nitrogens with one attached hydrogen (secondary N) is 1. The third-order valence-corrected chi connectivity index (χ3v) is 3.69. The fraction of sp³-hybridized carbons (Fsp3) is 0.353. The van der Waals surface area contributed by atoms with Gasteiger partial charge in [0.25, 0.3) is 0 Å². The maximum absolute atomic E-state index is 12.7. The van der Waals surface area contributed by atoms with E-state index in [1.54, 1.807) is 0 Å². The van der Waals surface area contributed by atoms with Crippen LogP contribution in [0.3, 0.4) is 0 Å². The number of halogens is 1. The van der Waals surface area contributed by atoms with E-state index < -0.39 is 6.09 Å². The SMILES string of the molecule is C=C(C)C1CC=C(CNC(=O)Oc2ccc(F)cc2)CC1. The van der Waals surface area contributed by atoms with E-state index in [0.29, 0.717) is 18.2 Å². The first kappa shape index (κ1) is 15.3. The Morgan fingerprint density at radius 1 is 1.43 bits per heavy atom. The van der Waals surface area contributed by atoms with Crippen molar-refractivity contribution < 1.29 is 13.9 Å². The summed E-state index contributed by atoms with van der Waals surface area (Å²) in [6.45, 7) is 6.53. The molecule has 21 heavy (non-hydrogen) atoms. The molecule has 4 heteroatoms. The summed E-state index contributed by atoms with van der Waals surface area (Å²) in [5.41, 5.74) is 2.43. The number of allylic oxidation sites excluding steroid dienone is 2. The Labute approximate surface area is 124 Å². The molecular weight excluding hydrogens is 269 g/mol. The largest absolute Gasteiger partial charge is 0.412 e. The zero-order chi connectivity index (χ0) is 15.2. The summed E-state index contributed by atoms with van der Waals surface area (Å²) >= 11 is 0. The third-order valence-electron chi connectivity index (χ3n) is 3.69. The molecule has 0 bridgehead atoms. The summed E-state index contributed by atoms with van der Waals surface area (Å²) in [5.74, 6) is 0.524. The molecule has 0 fully saturated rings. The van der Waals surface area contributed by atoms with Gasteiger partial charge in [-0.2, -0.15) is 0 Å². The summed E-state index contributed by atoms with van der Waals surface area (Å²) in [6, 6.07) is 5.35. The standard InChI is InChI=1S/C17H20FNO2/c1-12(2)14-5-3-13(4-6-14)11-19-17(20)21-16-9-7-15(18)8-10-16/h3,7-10,14H,1,4-6,11H2,2H3,(H,19,20). The predicted molar refractivity (Wildman–Crippen MR) is 80.7 cm³/mol. The van der Waals surface area contributed by atoms with Gasteiger partial charge in [-0.25, -0.2) is 9.18 Å². The van der Waals surface area contributed by atoms with E-state index in [-0.39, 0.29) is 5.82 Å². The number of carbonyl (C=O) groups is 1. The van der Waals surface area contributed by atoms with E-state index >= 15 is 0 Å². The van der Waals surface area contributed by atoms with Crippen molar-refractivity contribution in [3.8, 4) is 5.75 Å². The lowest BCUT2D eigenvalue weighted by Gasteiger charge is -2.22. The predicted octanol–water partition coefficient (Wildman–Crippen LogP) is 4.22. The van der Waals surface area contributed by atoms with Crippen molar-refractivity contribution in [3.63, 3.8) is 0 Å². The van der Waals surface area contributed by atoms with Gasteiger partial charge in [0.15, 0.2) is 0 Å². The highest BCUT2D eigenvalue weighted by Gasteiger charge is 2.15. The molecule has 0 radical (unpaired) electrons. The number of benzene rings is 1. The zero-order valence-electron chi connectivity index (χ0n) is 12.2. The van der Waals surface area contributed by atoms with Crippen molar-refractivity contribution in [2.45, 2.75) is 26.2 Å². The molecule has 1 aliphatic rings. The van der Waals surface area contributed by atoms with E-state index in [1.807, 2.05) is 0 Å². The van der Waals surface area contributed by atoms with Gasteiger partial charge >= 0.3 is 6.09 Å². The minimum Gasteiger partial charge on any atom is -0.410 e. The van der Waals surface area contributed by atoms with E-state index in [4.69, 9.17) is 4.74 Å². The molecule has 1 aliphatic carbocycles. The average Bonchev–Trinajstić information content (AvgIpc) is 2.48. The molecule has 0 aromatic heterocycles. The van der Waals surface area contributed by atoms with Gasteiger partial charge < -0.3 is 10.1 Å². The summed E-state index contributed by atoms with van der Waals surface area (Å²) in [7, 11) is 0. The molecule has 0 saturated carbocycles. The third kappa shape index (κ3) is 4.74. The van der Waals surface area contributed by atoms with Crippen LogP contribution < -0.4 is 10.1 Å². The summed E-state index contributed by atoms with van der Waals surface area (Å²) in [6.07, 6.45) is 4.68. The van der Waals surface area contributed by atoms with Crippen LogP contribution >= 0.6 is 0 Å². The highest BCUT2D eigenvalue weighted by Crippen LogP contribution is 2.27. The van der Waals surface area contributed by atoms with E-state index in [9.17, 15) is 9.18 Å². The number of hydrogen-bond donors (Lipinski definition) is 1. The van der Waals surface area contributed by atoms with Crippen LogP contribution in [0.5, 0.6) is 5.75 Å². The number of ether oxygens (including phenoxy) is 1. The van der Waals surface area contributed by atoms with Gasteiger partial charge in [0.05, 0.1) is 0 Å². The van der Waals surface area contributed by atoms with Gasteiger partial charge in [0, 0.05) is 6.54 Å². The Bertz CT molecular complexity index is 548. The van der Waals surface area contributed by atoms with Gasteiger partial charge in [-0.15, -0.1) is 0 Å². The van der Waals surface area contributed by atoms with Crippen molar-refractivity contribution in [1.29, 1.82) is 0 Å². The Balaban J connectivity index is 1.77. The number of hydrogen-bond acceptors (Lipinski definition) is 2. The van der Waals surface area contributed by atoms with Crippen LogP contribution in [0.1, 0.15) is 26.2 Å². The topological polar surface area (TPSA) is 38.3 Å². The first-order valence-electron chi connectivity index (χ1n) is 7.09. The summed E-state index contributed by atoms with van der Waals surface area (Å²) < 4.78 is 17.8. The Kier molecular flexibility index (Phi) is 5.14. The van der Waals surface area contributed by atoms with Crippen LogP contribution in [0.4, 0.5) is 9.18 Å². The van der Waals surface area contributed by atoms with Crippen LogP contribution in [-0.2, 0) is 0 Å². The lowest BCUT2D eigenvalue weighted by Crippen LogP contribution is -2.29. The second-order valence-electron chi connectivity index (χ2n) is 5.38. The fourth-order valence-corrected chi connectivity index (χ4v) is 2.33. The van der Waals surface area contributed by atoms with Crippen LogP contribution in [0.2, 0.25) is 0 Å². The van der Waals surface area contributed by atoms with Gasteiger partial charge in [0.2, 0.25) is 0 Å². The number of amides is 1. The molecule has 2 rings (SSSR count). The molecular formula is C17H20FNO2. The van der Waals surface area contributed by atoms with E-state index in [1.165, 1.54) is 35.4 Å². The van der Waals surface area contributed by atoms with Gasteiger partial charge in [-0.1, -0.05) is 23.8 Å². The first-order chi connectivity index (χ1) is 10.0. The lowest BCUT2D eigenvalue weighted by molar-refractivity contribution is 0.201. The molecule has 1 amide bonds. The van der Waals surface area contributed by atoms with Gasteiger partial charge in [-0.3, -0.25) is 0 Å². The monoisotopic (exact) mass is 289 g/mol. The van der Waals surface area contributed by atoms with Crippen molar-refractivity contribution >= 4 is 6.09 Å². The highest BCUT2D eigenvalue weighted by molar-refractivity contribution is 5.70. The van der Waals surface area contributed by atoms with E-state index in [0.717, 1.165) is 19.3 Å². The average molecular weight is 289 g/mol. The quantitative estimate of drug-likeness (QED) is 0.843. The Morgan fingerprint density at radius 3 is 2.71 bits per heavy atom. The van der Waals surface area contributed by atoms with Crippen LogP contribution in [-0.4, -0.2) is 12.6 Å². The van der Waals surface area contributed by atoms with E-state index in [2.05, 4.69) is 24.9 Å². The molecule has 112 valence electrons. The molecule has 1 aromatic carbocycles. The maximum Gasteiger partial charge on any atom is 0.412 e.